The van der Waals surface area contributed by atoms with Crippen LogP contribution in [-0.4, -0.2) is 71.3 Å². The van der Waals surface area contributed by atoms with Crippen molar-refractivity contribution in [3.05, 3.63) is 47.5 Å². The van der Waals surface area contributed by atoms with Gasteiger partial charge in [0.25, 0.3) is 0 Å². The first-order chi connectivity index (χ1) is 16.0. The molecule has 0 spiro atoms. The third-order valence-electron chi connectivity index (χ3n) is 3.90. The van der Waals surface area contributed by atoms with Gasteiger partial charge in [0.2, 0.25) is 0 Å². The SMILES string of the molecule is COCCCBr.COCCCOc1cc(C=O)ccc1OC.COc1ccc(C=O)cc1O. The van der Waals surface area contributed by atoms with E-state index in [1.807, 2.05) is 0 Å². The summed E-state index contributed by atoms with van der Waals surface area (Å²) in [4.78, 5) is 20.8. The van der Waals surface area contributed by atoms with Crippen LogP contribution >= 0.6 is 15.9 Å². The standard InChI is InChI=1S/C12H16O4.C8H8O3.C4H9BrO/c1-14-6-3-7-16-12-8-10(9-13)4-5-11(12)15-2;1-11-8-3-2-6(5-9)4-7(8)10;1-6-4-2-3-5/h4-5,8-9H,3,6-7H2,1-2H3;2-5,10H,1H3;2-4H2,1H3. The van der Waals surface area contributed by atoms with Crippen LogP contribution in [0.3, 0.4) is 0 Å². The zero-order valence-corrected chi connectivity index (χ0v) is 21.1. The number of halogens is 1. The summed E-state index contributed by atoms with van der Waals surface area (Å²) in [6, 6.07) is 9.54. The van der Waals surface area contributed by atoms with Gasteiger partial charge in [-0.25, -0.2) is 0 Å². The third-order valence-corrected chi connectivity index (χ3v) is 4.46. The Labute approximate surface area is 203 Å². The molecule has 0 saturated carbocycles. The molecule has 0 aliphatic rings. The summed E-state index contributed by atoms with van der Waals surface area (Å²) in [6.07, 6.45) is 3.35. The summed E-state index contributed by atoms with van der Waals surface area (Å²) < 4.78 is 25.1. The second-order valence-corrected chi connectivity index (χ2v) is 7.10. The Balaban J connectivity index is 0.000000520. The Morgan fingerprint density at radius 2 is 1.30 bits per heavy atom. The van der Waals surface area contributed by atoms with Crippen LogP contribution < -0.4 is 14.2 Å². The average Bonchev–Trinajstić information content (AvgIpc) is 2.85. The van der Waals surface area contributed by atoms with Gasteiger partial charge in [0.05, 0.1) is 20.8 Å². The fraction of sp³-hybridized carbons (Fsp3) is 0.417. The van der Waals surface area contributed by atoms with Crippen molar-refractivity contribution in [3.63, 3.8) is 0 Å². The largest absolute Gasteiger partial charge is 0.504 e. The van der Waals surface area contributed by atoms with Crippen LogP contribution in [-0.2, 0) is 9.47 Å². The van der Waals surface area contributed by atoms with Gasteiger partial charge in [-0.15, -0.1) is 0 Å². The van der Waals surface area contributed by atoms with Gasteiger partial charge in [0.15, 0.2) is 23.0 Å². The van der Waals surface area contributed by atoms with Gasteiger partial charge in [-0.3, -0.25) is 9.59 Å². The highest BCUT2D eigenvalue weighted by molar-refractivity contribution is 9.09. The minimum atomic E-state index is -0.0166. The summed E-state index contributed by atoms with van der Waals surface area (Å²) >= 11 is 3.27. The number of phenols is 1. The Kier molecular flexibility index (Phi) is 18.4. The van der Waals surface area contributed by atoms with Crippen molar-refractivity contribution in [2.24, 2.45) is 0 Å². The number of carbonyl (C=O) groups is 2. The Morgan fingerprint density at radius 3 is 1.76 bits per heavy atom. The highest BCUT2D eigenvalue weighted by Gasteiger charge is 2.05. The first-order valence-corrected chi connectivity index (χ1v) is 11.2. The maximum absolute atomic E-state index is 10.6. The lowest BCUT2D eigenvalue weighted by Crippen LogP contribution is -2.03. The molecule has 2 aromatic carbocycles. The molecule has 0 amide bonds. The predicted molar refractivity (Wildman–Crippen MR) is 131 cm³/mol. The van der Waals surface area contributed by atoms with Gasteiger partial charge in [0.1, 0.15) is 12.6 Å². The van der Waals surface area contributed by atoms with Gasteiger partial charge >= 0.3 is 0 Å². The number of phenolic OH excluding ortho intramolecular Hbond substituents is 1. The molecule has 0 aromatic heterocycles. The van der Waals surface area contributed by atoms with Gasteiger partial charge in [0, 0.05) is 50.3 Å². The molecule has 0 fully saturated rings. The number of hydrogen-bond acceptors (Lipinski definition) is 8. The second-order valence-electron chi connectivity index (χ2n) is 6.31. The summed E-state index contributed by atoms with van der Waals surface area (Å²) in [6.45, 7) is 2.05. The molecule has 1 N–H and O–H groups in total. The zero-order chi connectivity index (χ0) is 24.9. The summed E-state index contributed by atoms with van der Waals surface area (Å²) in [5.74, 6) is 1.57. The van der Waals surface area contributed by atoms with Gasteiger partial charge in [-0.2, -0.15) is 0 Å². The molecule has 0 unspecified atom stereocenters. The summed E-state index contributed by atoms with van der Waals surface area (Å²) in [7, 11) is 6.38. The molecule has 0 saturated heterocycles. The van der Waals surface area contributed by atoms with Crippen molar-refractivity contribution in [3.8, 4) is 23.0 Å². The van der Waals surface area contributed by atoms with E-state index >= 15 is 0 Å². The average molecular weight is 529 g/mol. The van der Waals surface area contributed by atoms with Crippen LogP contribution in [0.2, 0.25) is 0 Å². The fourth-order valence-corrected chi connectivity index (χ4v) is 2.47. The molecule has 2 rings (SSSR count). The van der Waals surface area contributed by atoms with Crippen LogP contribution in [0.25, 0.3) is 0 Å². The topological polar surface area (TPSA) is 101 Å². The summed E-state index contributed by atoms with van der Waals surface area (Å²) in [5, 5.41) is 10.2. The van der Waals surface area contributed by atoms with E-state index in [0.717, 1.165) is 31.1 Å². The minimum absolute atomic E-state index is 0.0166. The van der Waals surface area contributed by atoms with Crippen LogP contribution in [0.15, 0.2) is 36.4 Å². The summed E-state index contributed by atoms with van der Waals surface area (Å²) in [5.41, 5.74) is 1.01. The number of rotatable bonds is 12. The number of aromatic hydroxyl groups is 1. The minimum Gasteiger partial charge on any atom is -0.504 e. The lowest BCUT2D eigenvalue weighted by molar-refractivity contribution is 0.111. The van der Waals surface area contributed by atoms with Crippen molar-refractivity contribution < 1.29 is 38.4 Å². The first-order valence-electron chi connectivity index (χ1n) is 10.1. The highest BCUT2D eigenvalue weighted by atomic mass is 79.9. The van der Waals surface area contributed by atoms with Gasteiger partial charge < -0.3 is 28.8 Å². The van der Waals surface area contributed by atoms with Crippen LogP contribution in [0.5, 0.6) is 23.0 Å². The van der Waals surface area contributed by atoms with E-state index in [-0.39, 0.29) is 5.75 Å². The molecule has 0 atom stereocenters. The molecule has 8 nitrogen and oxygen atoms in total. The number of carbonyl (C=O) groups excluding carboxylic acids is 2. The molecule has 0 radical (unpaired) electrons. The molecule has 184 valence electrons. The first kappa shape index (κ1) is 30.4. The number of alkyl halides is 1. The van der Waals surface area contributed by atoms with E-state index in [2.05, 4.69) is 15.9 Å². The molecular formula is C24H33BrO8. The van der Waals surface area contributed by atoms with Crippen molar-refractivity contribution in [1.29, 1.82) is 0 Å². The van der Waals surface area contributed by atoms with E-state index in [0.29, 0.717) is 47.9 Å². The predicted octanol–water partition coefficient (Wildman–Crippen LogP) is 4.55. The molecular weight excluding hydrogens is 496 g/mol. The zero-order valence-electron chi connectivity index (χ0n) is 19.5. The van der Waals surface area contributed by atoms with Crippen molar-refractivity contribution in [2.45, 2.75) is 12.8 Å². The normalized spacial score (nSPS) is 9.48. The van der Waals surface area contributed by atoms with E-state index in [1.165, 1.54) is 13.2 Å². The Morgan fingerprint density at radius 1 is 0.758 bits per heavy atom. The van der Waals surface area contributed by atoms with Crippen molar-refractivity contribution >= 4 is 28.5 Å². The maximum atomic E-state index is 10.6. The van der Waals surface area contributed by atoms with Crippen LogP contribution in [0.4, 0.5) is 0 Å². The maximum Gasteiger partial charge on any atom is 0.161 e. The molecule has 33 heavy (non-hydrogen) atoms. The monoisotopic (exact) mass is 528 g/mol. The molecule has 0 aliphatic carbocycles. The van der Waals surface area contributed by atoms with Crippen molar-refractivity contribution in [2.75, 3.05) is 53.6 Å². The van der Waals surface area contributed by atoms with Crippen LogP contribution in [0, 0.1) is 0 Å². The lowest BCUT2D eigenvalue weighted by atomic mass is 10.2. The smallest absolute Gasteiger partial charge is 0.161 e. The molecule has 0 bridgehead atoms. The quantitative estimate of drug-likeness (QED) is 0.243. The van der Waals surface area contributed by atoms with E-state index in [4.69, 9.17) is 28.8 Å². The highest BCUT2D eigenvalue weighted by Crippen LogP contribution is 2.27. The van der Waals surface area contributed by atoms with E-state index < -0.39 is 0 Å². The van der Waals surface area contributed by atoms with Crippen molar-refractivity contribution in [1.82, 2.24) is 0 Å². The Hall–Kier alpha value is -2.62. The number of aldehydes is 2. The lowest BCUT2D eigenvalue weighted by Gasteiger charge is -2.10. The van der Waals surface area contributed by atoms with E-state index in [1.54, 1.807) is 51.7 Å². The third kappa shape index (κ3) is 13.5. The second kappa shape index (κ2) is 20.0. The molecule has 0 heterocycles. The van der Waals surface area contributed by atoms with E-state index in [9.17, 15) is 9.59 Å². The van der Waals surface area contributed by atoms with Gasteiger partial charge in [-0.1, -0.05) is 15.9 Å². The molecule has 2 aromatic rings. The van der Waals surface area contributed by atoms with Crippen LogP contribution in [0.1, 0.15) is 33.6 Å². The number of ether oxygens (including phenoxy) is 5. The fourth-order valence-electron chi connectivity index (χ4n) is 2.24. The van der Waals surface area contributed by atoms with Gasteiger partial charge in [-0.05, 0) is 42.8 Å². The Bertz CT molecular complexity index is 794. The number of methoxy groups -OCH3 is 4. The number of hydrogen-bond donors (Lipinski definition) is 1. The molecule has 0 aliphatic heterocycles. The number of benzene rings is 2. The molecule has 9 heteroatoms.